The van der Waals surface area contributed by atoms with Gasteiger partial charge >= 0.3 is 5.69 Å². The highest BCUT2D eigenvalue weighted by atomic mass is 79.9. The zero-order valence-corrected chi connectivity index (χ0v) is 12.4. The van der Waals surface area contributed by atoms with Gasteiger partial charge in [-0.2, -0.15) is 0 Å². The number of hydrogen-bond donors (Lipinski definition) is 2. The summed E-state index contributed by atoms with van der Waals surface area (Å²) in [5.41, 5.74) is 4.84. The highest BCUT2D eigenvalue weighted by Gasteiger charge is 2.28. The van der Waals surface area contributed by atoms with E-state index in [-0.39, 0.29) is 22.9 Å². The van der Waals surface area contributed by atoms with Gasteiger partial charge in [0.25, 0.3) is 0 Å². The van der Waals surface area contributed by atoms with Gasteiger partial charge in [-0.3, -0.25) is 14.9 Å². The van der Waals surface area contributed by atoms with Crippen LogP contribution in [0.1, 0.15) is 12.8 Å². The van der Waals surface area contributed by atoms with Crippen molar-refractivity contribution in [3.05, 3.63) is 32.5 Å². The molecule has 0 spiro atoms. The summed E-state index contributed by atoms with van der Waals surface area (Å²) in [6, 6.07) is 1.35. The van der Waals surface area contributed by atoms with Gasteiger partial charge in [0.15, 0.2) is 5.75 Å². The van der Waals surface area contributed by atoms with Crippen molar-refractivity contribution >= 4 is 27.5 Å². The fourth-order valence-corrected chi connectivity index (χ4v) is 2.03. The molecule has 3 N–H and O–H groups in total. The minimum absolute atomic E-state index is 0.0379. The van der Waals surface area contributed by atoms with Crippen molar-refractivity contribution in [2.24, 2.45) is 5.73 Å². The first-order valence-electron chi connectivity index (χ1n) is 6.20. The van der Waals surface area contributed by atoms with E-state index in [1.807, 2.05) is 0 Å². The number of rotatable bonds is 7. The van der Waals surface area contributed by atoms with Crippen LogP contribution in [0, 0.1) is 15.9 Å². The van der Waals surface area contributed by atoms with Crippen LogP contribution in [0.3, 0.4) is 0 Å². The number of nitro groups is 1. The van der Waals surface area contributed by atoms with Crippen LogP contribution in [-0.4, -0.2) is 29.5 Å². The first-order valence-corrected chi connectivity index (χ1v) is 6.99. The van der Waals surface area contributed by atoms with E-state index in [4.69, 9.17) is 10.5 Å². The van der Waals surface area contributed by atoms with Crippen LogP contribution in [-0.2, 0) is 4.79 Å². The van der Waals surface area contributed by atoms with Crippen molar-refractivity contribution in [2.45, 2.75) is 24.9 Å². The highest BCUT2D eigenvalue weighted by molar-refractivity contribution is 9.10. The third-order valence-electron chi connectivity index (χ3n) is 2.96. The Hall–Kier alpha value is -1.74. The number of benzene rings is 1. The number of nitro benzene ring substituents is 1. The smallest absolute Gasteiger partial charge is 0.312 e. The van der Waals surface area contributed by atoms with E-state index < -0.39 is 28.4 Å². The predicted molar refractivity (Wildman–Crippen MR) is 75.4 cm³/mol. The number of halogens is 2. The number of ether oxygens (including phenoxy) is 1. The fourth-order valence-electron chi connectivity index (χ4n) is 1.70. The fraction of sp³-hybridized carbons (Fsp3) is 0.417. The second-order valence-electron chi connectivity index (χ2n) is 4.70. The molecule has 1 fully saturated rings. The van der Waals surface area contributed by atoms with E-state index in [0.717, 1.165) is 25.0 Å². The molecule has 1 aromatic carbocycles. The monoisotopic (exact) mass is 361 g/mol. The lowest BCUT2D eigenvalue weighted by molar-refractivity contribution is -0.386. The van der Waals surface area contributed by atoms with Gasteiger partial charge in [-0.25, -0.2) is 4.39 Å². The molecule has 0 radical (unpaired) electrons. The van der Waals surface area contributed by atoms with E-state index >= 15 is 0 Å². The standard InChI is InChI=1S/C12H13BrFN3O4/c13-7-3-10(17(19)20)11(4-8(7)14)21-5-9(12(15)18)16-6-1-2-6/h3-4,6,9,16H,1-2,5H2,(H2,15,18). The zero-order chi connectivity index (χ0) is 15.6. The van der Waals surface area contributed by atoms with Crippen LogP contribution in [0.4, 0.5) is 10.1 Å². The molecule has 7 nitrogen and oxygen atoms in total. The van der Waals surface area contributed by atoms with Crippen LogP contribution < -0.4 is 15.8 Å². The number of nitrogens with zero attached hydrogens (tertiary/aromatic N) is 1. The van der Waals surface area contributed by atoms with Crippen molar-refractivity contribution < 1.29 is 18.8 Å². The topological polar surface area (TPSA) is 107 Å². The molecule has 1 aromatic rings. The van der Waals surface area contributed by atoms with Crippen molar-refractivity contribution in [3.63, 3.8) is 0 Å². The molecule has 2 rings (SSSR count). The highest BCUT2D eigenvalue weighted by Crippen LogP contribution is 2.32. The summed E-state index contributed by atoms with van der Waals surface area (Å²) in [7, 11) is 0. The van der Waals surface area contributed by atoms with E-state index in [9.17, 15) is 19.3 Å². The number of nitrogens with one attached hydrogen (secondary N) is 1. The second kappa shape index (κ2) is 6.35. The molecule has 9 heteroatoms. The lowest BCUT2D eigenvalue weighted by atomic mass is 10.2. The minimum atomic E-state index is -0.774. The van der Waals surface area contributed by atoms with Gasteiger partial charge in [0, 0.05) is 18.2 Å². The van der Waals surface area contributed by atoms with Gasteiger partial charge in [0.1, 0.15) is 18.5 Å². The summed E-state index contributed by atoms with van der Waals surface area (Å²) < 4.78 is 18.7. The molecular formula is C12H13BrFN3O4. The van der Waals surface area contributed by atoms with E-state index in [1.165, 1.54) is 0 Å². The molecule has 1 aliphatic rings. The van der Waals surface area contributed by atoms with E-state index in [0.29, 0.717) is 0 Å². The van der Waals surface area contributed by atoms with Crippen LogP contribution >= 0.6 is 15.9 Å². The van der Waals surface area contributed by atoms with Gasteiger partial charge in [-0.1, -0.05) is 0 Å². The summed E-state index contributed by atoms with van der Waals surface area (Å²) >= 11 is 2.87. The Balaban J connectivity index is 2.11. The third-order valence-corrected chi connectivity index (χ3v) is 3.57. The summed E-state index contributed by atoms with van der Waals surface area (Å²) in [5.74, 6) is -1.56. The normalized spacial score (nSPS) is 15.5. The van der Waals surface area contributed by atoms with E-state index in [1.54, 1.807) is 0 Å². The van der Waals surface area contributed by atoms with Gasteiger partial charge in [-0.15, -0.1) is 0 Å². The molecule has 0 aliphatic heterocycles. The SMILES string of the molecule is NC(=O)C(COc1cc(F)c(Br)cc1[N+](=O)[O-])NC1CC1. The molecule has 114 valence electrons. The molecule has 21 heavy (non-hydrogen) atoms. The summed E-state index contributed by atoms with van der Waals surface area (Å²) in [6.45, 7) is -0.201. The van der Waals surface area contributed by atoms with Crippen molar-refractivity contribution in [3.8, 4) is 5.75 Å². The number of amides is 1. The van der Waals surface area contributed by atoms with Crippen LogP contribution in [0.5, 0.6) is 5.75 Å². The maximum absolute atomic E-state index is 13.5. The predicted octanol–water partition coefficient (Wildman–Crippen LogP) is 1.48. The Morgan fingerprint density at radius 1 is 1.62 bits per heavy atom. The summed E-state index contributed by atoms with van der Waals surface area (Å²) in [5, 5.41) is 13.9. The largest absolute Gasteiger partial charge is 0.485 e. The Kier molecular flexibility index (Phi) is 4.73. The van der Waals surface area contributed by atoms with Gasteiger partial charge in [0.05, 0.1) is 9.40 Å². The molecule has 0 bridgehead atoms. The minimum Gasteiger partial charge on any atom is -0.485 e. The molecule has 0 heterocycles. The third kappa shape index (κ3) is 4.11. The lowest BCUT2D eigenvalue weighted by Crippen LogP contribution is -2.46. The molecule has 1 aliphatic carbocycles. The van der Waals surface area contributed by atoms with Crippen molar-refractivity contribution in [1.29, 1.82) is 0 Å². The van der Waals surface area contributed by atoms with Gasteiger partial charge < -0.3 is 15.8 Å². The molecule has 1 atom stereocenters. The molecular weight excluding hydrogens is 349 g/mol. The average Bonchev–Trinajstić information content (AvgIpc) is 3.21. The van der Waals surface area contributed by atoms with Crippen molar-refractivity contribution in [2.75, 3.05) is 6.61 Å². The second-order valence-corrected chi connectivity index (χ2v) is 5.55. The Morgan fingerprint density at radius 2 is 2.29 bits per heavy atom. The van der Waals surface area contributed by atoms with Crippen LogP contribution in [0.2, 0.25) is 0 Å². The summed E-state index contributed by atoms with van der Waals surface area (Å²) in [4.78, 5) is 21.5. The Morgan fingerprint density at radius 3 is 2.81 bits per heavy atom. The molecule has 1 saturated carbocycles. The number of carbonyl (C=O) groups excluding carboxylic acids is 1. The lowest BCUT2D eigenvalue weighted by Gasteiger charge is -2.16. The van der Waals surface area contributed by atoms with Crippen molar-refractivity contribution in [1.82, 2.24) is 5.32 Å². The quantitative estimate of drug-likeness (QED) is 0.564. The number of primary amides is 1. The van der Waals surface area contributed by atoms with Crippen LogP contribution in [0.25, 0.3) is 0 Å². The number of hydrogen-bond acceptors (Lipinski definition) is 5. The van der Waals surface area contributed by atoms with Gasteiger partial charge in [-0.05, 0) is 28.8 Å². The average molecular weight is 362 g/mol. The van der Waals surface area contributed by atoms with Crippen LogP contribution in [0.15, 0.2) is 16.6 Å². The maximum Gasteiger partial charge on any atom is 0.312 e. The number of carbonyl (C=O) groups is 1. The number of nitrogens with two attached hydrogens (primary N) is 1. The molecule has 0 saturated heterocycles. The Bertz CT molecular complexity index is 580. The molecule has 1 unspecified atom stereocenters. The molecule has 1 amide bonds. The van der Waals surface area contributed by atoms with Gasteiger partial charge in [0.2, 0.25) is 5.91 Å². The first kappa shape index (κ1) is 15.6. The zero-order valence-electron chi connectivity index (χ0n) is 10.8. The first-order chi connectivity index (χ1) is 9.88. The maximum atomic E-state index is 13.5. The summed E-state index contributed by atoms with van der Waals surface area (Å²) in [6.07, 6.45) is 1.88. The molecule has 0 aromatic heterocycles. The van der Waals surface area contributed by atoms with E-state index in [2.05, 4.69) is 21.2 Å². The Labute approximate surface area is 127 Å².